The standard InChI is InChI=1S/C20H26ClN3O6S.2C16H18ClN3O5S2.2C15H17ClN4O4S.3CH4.2H2S/c1-28-7-8-29-9-10-30-14-19(25)23-16-5-6-24(13-16)31(26,27)18-4-2-3-15-11-22-12-17(21)20(15)18;2*1-26(22,23)10-15(21)19-12-5-6-20(9-12)27(24,25)14-4-2-3-11-7-18-8-13(17)16(11)14;2*16-12-7-18-6-10-2-1-3-13(15(10)12)25(22,23)20-5-4-11(8-20)19-14(21)9-24-17;;;;;/h2-4,11-12,16H,5-10,13-14H2,1H3,(H,23,25);2*2-4,7-8,12H,5-6,9-10H2,1H3,(H,19,21);2*1-3,6-7,11H,4-5,8-9,17H2,(H,19,21);3*1H4;2*1H2/t16-;2*12-;2*11-;;;;;/m11010...../s1. The molecule has 55 heteroatoms. The Bertz CT molecular complexity index is 6570. The van der Waals surface area contributed by atoms with Crippen molar-refractivity contribution < 1.29 is 107 Å². The lowest BCUT2D eigenvalue weighted by atomic mass is 10.2. The molecular weight excluding hydrogens is 2110 g/mol. The van der Waals surface area contributed by atoms with Gasteiger partial charge in [-0.3, -0.25) is 58.6 Å². The van der Waals surface area contributed by atoms with E-state index in [1.807, 2.05) is 0 Å². The third-order valence-electron chi connectivity index (χ3n) is 21.4. The smallest absolute Gasteiger partial charge is 0.248 e. The van der Waals surface area contributed by atoms with Crippen LogP contribution in [0.2, 0.25) is 25.1 Å². The minimum atomic E-state index is -3.84. The molecule has 10 aromatic rings. The number of sulfonamides is 5. The predicted molar refractivity (Wildman–Crippen MR) is 544 cm³/mol. The number of benzene rings is 5. The highest BCUT2D eigenvalue weighted by Crippen LogP contribution is 2.39. The Morgan fingerprint density at radius 1 is 0.329 bits per heavy atom. The van der Waals surface area contributed by atoms with Gasteiger partial charge >= 0.3 is 0 Å². The lowest BCUT2D eigenvalue weighted by Crippen LogP contribution is -2.40. The molecule has 0 spiro atoms. The van der Waals surface area contributed by atoms with Gasteiger partial charge in [0.15, 0.2) is 19.7 Å². The van der Waals surface area contributed by atoms with Crippen LogP contribution < -0.4 is 38.4 Å². The molecular formula is C85H112Cl5N17O24S9. The Kier molecular flexibility index (Phi) is 46.1. The molecule has 5 fully saturated rings. The normalized spacial score (nSPS) is 17.7. The van der Waals surface area contributed by atoms with Crippen LogP contribution in [0.4, 0.5) is 0 Å². The van der Waals surface area contributed by atoms with Crippen molar-refractivity contribution in [2.75, 3.05) is 143 Å². The molecule has 41 nitrogen and oxygen atoms in total. The van der Waals surface area contributed by atoms with Gasteiger partial charge < -0.3 is 40.8 Å². The van der Waals surface area contributed by atoms with Crippen molar-refractivity contribution in [1.82, 2.24) is 73.0 Å². The summed E-state index contributed by atoms with van der Waals surface area (Å²) in [5.41, 5.74) is 0. The molecule has 5 amide bonds. The third kappa shape index (κ3) is 31.4. The Hall–Kier alpha value is -8.18. The number of halogens is 5. The first kappa shape index (κ1) is 121. The summed E-state index contributed by atoms with van der Waals surface area (Å²) in [7, 11) is -24.3. The van der Waals surface area contributed by atoms with E-state index in [2.05, 4.69) is 61.2 Å². The van der Waals surface area contributed by atoms with E-state index in [-0.39, 0.29) is 200 Å². The highest BCUT2D eigenvalue weighted by Gasteiger charge is 2.41. The van der Waals surface area contributed by atoms with Crippen molar-refractivity contribution in [3.63, 3.8) is 0 Å². The summed E-state index contributed by atoms with van der Waals surface area (Å²) in [5.74, 6) is 6.14. The molecule has 9 N–H and O–H groups in total. The van der Waals surface area contributed by atoms with Gasteiger partial charge in [0.2, 0.25) is 79.7 Å². The number of hydrogen-bond donors (Lipinski definition) is 7. The molecule has 0 bridgehead atoms. The Labute approximate surface area is 852 Å². The molecule has 10 heterocycles. The van der Waals surface area contributed by atoms with Gasteiger partial charge in [0.1, 0.15) is 31.3 Å². The van der Waals surface area contributed by atoms with Gasteiger partial charge in [-0.2, -0.15) is 48.5 Å². The number of ether oxygens (including phenoxy) is 3. The molecule has 0 unspecified atom stereocenters. The summed E-state index contributed by atoms with van der Waals surface area (Å²) in [6, 6.07) is 22.8. The van der Waals surface area contributed by atoms with Crippen molar-refractivity contribution in [2.24, 2.45) is 11.8 Å². The fourth-order valence-electron chi connectivity index (χ4n) is 15.4. The largest absolute Gasteiger partial charge is 0.382 e. The number of aromatic nitrogens is 5. The second-order valence-corrected chi connectivity index (χ2v) is 47.2. The molecule has 5 aromatic carbocycles. The van der Waals surface area contributed by atoms with Crippen LogP contribution in [0.25, 0.3) is 53.9 Å². The van der Waals surface area contributed by atoms with Gasteiger partial charge in [0.25, 0.3) is 0 Å². The number of sulfone groups is 2. The first-order chi connectivity index (χ1) is 63.9. The maximum absolute atomic E-state index is 13.2. The van der Waals surface area contributed by atoms with E-state index in [1.165, 1.54) is 82.8 Å². The molecule has 5 saturated heterocycles. The molecule has 770 valence electrons. The summed E-state index contributed by atoms with van der Waals surface area (Å²) in [5, 5.41) is 20.0. The van der Waals surface area contributed by atoms with Crippen molar-refractivity contribution in [1.29, 1.82) is 0 Å². The minimum Gasteiger partial charge on any atom is -0.382 e. The van der Waals surface area contributed by atoms with Gasteiger partial charge in [0, 0.05) is 231 Å². The van der Waals surface area contributed by atoms with Gasteiger partial charge in [0.05, 0.1) is 76.0 Å². The van der Waals surface area contributed by atoms with Crippen LogP contribution in [0.1, 0.15) is 54.4 Å². The molecule has 5 atom stereocenters. The Morgan fingerprint density at radius 3 is 0.750 bits per heavy atom. The Balaban J connectivity index is 0.000000266. The predicted octanol–water partition coefficient (Wildman–Crippen LogP) is 6.52. The van der Waals surface area contributed by atoms with E-state index in [9.17, 15) is 82.9 Å². The van der Waals surface area contributed by atoms with Crippen molar-refractivity contribution in [3.8, 4) is 0 Å². The van der Waals surface area contributed by atoms with Crippen molar-refractivity contribution in [2.45, 2.75) is 109 Å². The molecule has 0 aliphatic carbocycles. The molecule has 0 saturated carbocycles. The number of pyridine rings is 5. The van der Waals surface area contributed by atoms with E-state index in [1.54, 1.807) is 98.8 Å². The van der Waals surface area contributed by atoms with E-state index < -0.39 is 105 Å². The van der Waals surface area contributed by atoms with Crippen LogP contribution in [-0.2, 0) is 118 Å². The monoisotopic (exact) mass is 2220 g/mol. The zero-order valence-electron chi connectivity index (χ0n) is 73.5. The SMILES string of the molecule is C.C.C.COCCOCCOCC(=O)N[C@@H]1CCN(S(=O)(=O)c2cccc3cncc(Cl)c23)C1.CS(=O)(=O)CC(=O)N[C@@H]1CCN(S(=O)(=O)c2cccc3cncc(Cl)c23)C1.CS(=O)(=O)CC(=O)N[C@H]1CCN(S(=O)(=O)c2cccc3cncc(Cl)c23)C1.NOCC(=O)N[C@@H]1CCN(S(=O)(=O)c2cccc3cncc(Cl)c23)C1.NOCC(=O)N[C@H]1CCN(S(=O)(=O)c2cccc3cncc(Cl)c23)C1.S.S. The summed E-state index contributed by atoms with van der Waals surface area (Å²) >= 11 is 30.9. The third-order valence-corrected chi connectivity index (χ3v) is 34.0. The van der Waals surface area contributed by atoms with Crippen LogP contribution in [0.15, 0.2) is 177 Å². The average molecular weight is 2220 g/mol. The van der Waals surface area contributed by atoms with E-state index >= 15 is 0 Å². The van der Waals surface area contributed by atoms with E-state index in [0.717, 1.165) is 12.5 Å². The highest BCUT2D eigenvalue weighted by molar-refractivity contribution is 7.92. The number of hydrogen-bond acceptors (Lipinski definition) is 31. The first-order valence-electron chi connectivity index (χ1n) is 41.2. The topological polar surface area (TPSA) is 563 Å². The zero-order chi connectivity index (χ0) is 98.0. The van der Waals surface area contributed by atoms with Gasteiger partial charge in [-0.15, -0.1) is 0 Å². The number of methoxy groups -OCH3 is 1. The van der Waals surface area contributed by atoms with Crippen LogP contribution in [0.5, 0.6) is 0 Å². The second kappa shape index (κ2) is 53.6. The van der Waals surface area contributed by atoms with E-state index in [0.29, 0.717) is 132 Å². The molecule has 5 aliphatic rings. The second-order valence-electron chi connectivity index (χ2n) is 31.4. The lowest BCUT2D eigenvalue weighted by molar-refractivity contribution is -0.127. The molecule has 140 heavy (non-hydrogen) atoms. The number of rotatable bonds is 31. The van der Waals surface area contributed by atoms with Crippen LogP contribution in [-0.4, -0.2) is 308 Å². The van der Waals surface area contributed by atoms with Crippen molar-refractivity contribution >= 4 is 238 Å². The van der Waals surface area contributed by atoms with Crippen LogP contribution in [0, 0.1) is 0 Å². The first-order valence-corrected chi connectivity index (χ1v) is 54.4. The summed E-state index contributed by atoms with van der Waals surface area (Å²) in [4.78, 5) is 87.8. The lowest BCUT2D eigenvalue weighted by Gasteiger charge is -2.18. The molecule has 5 aromatic heterocycles. The quantitative estimate of drug-likeness (QED) is 0.0179. The minimum absolute atomic E-state index is 0. The number of fused-ring (bicyclic) bond motifs is 5. The number of amides is 5. The number of nitrogens with two attached hydrogens (primary N) is 2. The summed E-state index contributed by atoms with van der Waals surface area (Å²) in [6.45, 7) is 3.00. The molecule has 0 radical (unpaired) electrons. The number of nitrogens with zero attached hydrogens (tertiary/aromatic N) is 10. The number of carbonyl (C=O) groups excluding carboxylic acids is 5. The summed E-state index contributed by atoms with van der Waals surface area (Å²) in [6.07, 6.45) is 19.1. The molecule has 15 rings (SSSR count). The maximum atomic E-state index is 13.2. The fourth-order valence-corrected chi connectivity index (χ4v) is 26.8. The number of nitrogens with one attached hydrogen (secondary N) is 5. The maximum Gasteiger partial charge on any atom is 0.248 e. The number of carbonyl (C=O) groups is 5. The van der Waals surface area contributed by atoms with Crippen LogP contribution >= 0.6 is 85.0 Å². The van der Waals surface area contributed by atoms with Gasteiger partial charge in [-0.05, 0) is 62.4 Å². The van der Waals surface area contributed by atoms with Crippen molar-refractivity contribution in [3.05, 3.63) is 178 Å². The Morgan fingerprint density at radius 2 is 0.536 bits per heavy atom. The highest BCUT2D eigenvalue weighted by atomic mass is 35.5. The molecule has 5 aliphatic heterocycles. The van der Waals surface area contributed by atoms with Gasteiger partial charge in [-0.1, -0.05) is 141 Å². The zero-order valence-corrected chi connectivity index (χ0v) is 85.0. The average Bonchev–Trinajstić information content (AvgIpc) is 1.49. The van der Waals surface area contributed by atoms with Crippen LogP contribution in [0.3, 0.4) is 0 Å². The van der Waals surface area contributed by atoms with E-state index in [4.69, 9.17) is 84.0 Å². The fraction of sp³-hybridized carbons (Fsp3) is 0.412. The van der Waals surface area contributed by atoms with Gasteiger partial charge in [-0.25, -0.2) is 70.7 Å². The summed E-state index contributed by atoms with van der Waals surface area (Å²) < 4.78 is 198.